The van der Waals surface area contributed by atoms with Crippen molar-refractivity contribution in [3.8, 4) is 6.07 Å². The number of nitrogens with zero attached hydrogens (tertiary/aromatic N) is 2. The lowest BCUT2D eigenvalue weighted by atomic mass is 9.98. The number of ether oxygens (including phenoxy) is 3. The molecule has 1 fully saturated rings. The molecule has 1 rings (SSSR count). The first-order chi connectivity index (χ1) is 11.6. The van der Waals surface area contributed by atoms with Gasteiger partial charge in [-0.05, 0) is 40.2 Å². The van der Waals surface area contributed by atoms with Gasteiger partial charge in [0.25, 0.3) is 0 Å². The Morgan fingerprint density at radius 3 is 2.28 bits per heavy atom. The van der Waals surface area contributed by atoms with Gasteiger partial charge in [0.2, 0.25) is 0 Å². The summed E-state index contributed by atoms with van der Waals surface area (Å²) in [5.41, 5.74) is -0.765. The molecule has 0 aromatic rings. The molecule has 1 amide bonds. The highest BCUT2D eigenvalue weighted by Gasteiger charge is 2.41. The topological polar surface area (TPSA) is 106 Å². The number of hydrogen-bond acceptors (Lipinski definition) is 7. The SMILES string of the molecule is CCOC(=O)/C(C#N)=C1\CN(C(=O)OC(C)(C)C)CC1C(=O)OCC. The summed E-state index contributed by atoms with van der Waals surface area (Å²) < 4.78 is 15.2. The fourth-order valence-corrected chi connectivity index (χ4v) is 2.34. The van der Waals surface area contributed by atoms with Crippen molar-refractivity contribution in [2.24, 2.45) is 5.92 Å². The van der Waals surface area contributed by atoms with Gasteiger partial charge in [-0.25, -0.2) is 9.59 Å². The van der Waals surface area contributed by atoms with Crippen molar-refractivity contribution in [3.05, 3.63) is 11.1 Å². The minimum Gasteiger partial charge on any atom is -0.465 e. The van der Waals surface area contributed by atoms with E-state index in [2.05, 4.69) is 0 Å². The normalized spacial score (nSPS) is 19.0. The van der Waals surface area contributed by atoms with Gasteiger partial charge < -0.3 is 19.1 Å². The molecule has 1 saturated heterocycles. The molecule has 0 N–H and O–H groups in total. The zero-order valence-corrected chi connectivity index (χ0v) is 15.2. The van der Waals surface area contributed by atoms with Crippen LogP contribution in [0.1, 0.15) is 34.6 Å². The van der Waals surface area contributed by atoms with Crippen LogP contribution < -0.4 is 0 Å². The predicted molar refractivity (Wildman–Crippen MR) is 87.2 cm³/mol. The Morgan fingerprint density at radius 2 is 1.80 bits per heavy atom. The Balaban J connectivity index is 3.18. The van der Waals surface area contributed by atoms with Crippen LogP contribution in [0.15, 0.2) is 11.1 Å². The van der Waals surface area contributed by atoms with E-state index in [4.69, 9.17) is 14.2 Å². The summed E-state index contributed by atoms with van der Waals surface area (Å²) in [6, 6.07) is 1.78. The van der Waals surface area contributed by atoms with Crippen molar-refractivity contribution in [2.75, 3.05) is 26.3 Å². The Labute approximate surface area is 147 Å². The molecule has 1 heterocycles. The molecule has 1 aliphatic heterocycles. The molecular weight excluding hydrogens is 328 g/mol. The minimum absolute atomic E-state index is 0.0202. The van der Waals surface area contributed by atoms with Gasteiger partial charge in [0.15, 0.2) is 0 Å². The van der Waals surface area contributed by atoms with Crippen LogP contribution in [0, 0.1) is 17.2 Å². The van der Waals surface area contributed by atoms with Crippen LogP contribution in [0.5, 0.6) is 0 Å². The van der Waals surface area contributed by atoms with Gasteiger partial charge in [0.05, 0.1) is 19.1 Å². The van der Waals surface area contributed by atoms with Gasteiger partial charge in [-0.15, -0.1) is 0 Å². The Kier molecular flexibility index (Phi) is 6.97. The predicted octanol–water partition coefficient (Wildman–Crippen LogP) is 1.80. The second-order valence-corrected chi connectivity index (χ2v) is 6.40. The van der Waals surface area contributed by atoms with Gasteiger partial charge in [-0.3, -0.25) is 4.79 Å². The summed E-state index contributed by atoms with van der Waals surface area (Å²) in [6.45, 7) is 8.58. The molecule has 0 aromatic heterocycles. The summed E-state index contributed by atoms with van der Waals surface area (Å²) in [5, 5.41) is 9.33. The standard InChI is InChI=1S/C17H24N2O6/c1-6-23-14(20)11(8-18)12-9-19(16(22)25-17(3,4)5)10-13(12)15(21)24-7-2/h13H,6-7,9-10H2,1-5H3/b12-11+. The molecular formula is C17H24N2O6. The zero-order chi connectivity index (χ0) is 19.2. The number of carbonyl (C=O) groups is 3. The Morgan fingerprint density at radius 1 is 1.20 bits per heavy atom. The third-order valence-corrected chi connectivity index (χ3v) is 3.32. The summed E-state index contributed by atoms with van der Waals surface area (Å²) in [5.74, 6) is -2.31. The molecule has 0 aromatic carbocycles. The van der Waals surface area contributed by atoms with Crippen molar-refractivity contribution in [3.63, 3.8) is 0 Å². The molecule has 0 spiro atoms. The number of hydrogen-bond donors (Lipinski definition) is 0. The van der Waals surface area contributed by atoms with Crippen molar-refractivity contribution >= 4 is 18.0 Å². The smallest absolute Gasteiger partial charge is 0.410 e. The molecule has 0 radical (unpaired) electrons. The van der Waals surface area contributed by atoms with Crippen molar-refractivity contribution in [1.29, 1.82) is 5.26 Å². The molecule has 1 aliphatic rings. The van der Waals surface area contributed by atoms with E-state index in [0.717, 1.165) is 0 Å². The quantitative estimate of drug-likeness (QED) is 0.329. The highest BCUT2D eigenvalue weighted by atomic mass is 16.6. The monoisotopic (exact) mass is 352 g/mol. The largest absolute Gasteiger partial charge is 0.465 e. The first kappa shape index (κ1) is 20.5. The molecule has 0 aliphatic carbocycles. The summed E-state index contributed by atoms with van der Waals surface area (Å²) in [7, 11) is 0. The van der Waals surface area contributed by atoms with Gasteiger partial charge in [0.1, 0.15) is 17.2 Å². The average Bonchev–Trinajstić information content (AvgIpc) is 2.92. The van der Waals surface area contributed by atoms with Crippen molar-refractivity contribution in [2.45, 2.75) is 40.2 Å². The third kappa shape index (κ3) is 5.48. The van der Waals surface area contributed by atoms with Crippen molar-refractivity contribution < 1.29 is 28.6 Å². The summed E-state index contributed by atoms with van der Waals surface area (Å²) in [4.78, 5) is 37.8. The summed E-state index contributed by atoms with van der Waals surface area (Å²) >= 11 is 0. The van der Waals surface area contributed by atoms with Crippen LogP contribution >= 0.6 is 0 Å². The first-order valence-electron chi connectivity index (χ1n) is 8.09. The van der Waals surface area contributed by atoms with Gasteiger partial charge >= 0.3 is 18.0 Å². The van der Waals surface area contributed by atoms with Crippen LogP contribution in [0.2, 0.25) is 0 Å². The molecule has 8 heteroatoms. The Hall–Kier alpha value is -2.56. The highest BCUT2D eigenvalue weighted by Crippen LogP contribution is 2.29. The van der Waals surface area contributed by atoms with Crippen LogP contribution in [-0.2, 0) is 23.8 Å². The van der Waals surface area contributed by atoms with Gasteiger partial charge in [-0.1, -0.05) is 0 Å². The lowest BCUT2D eigenvalue weighted by Crippen LogP contribution is -2.36. The number of likely N-dealkylation sites (tertiary alicyclic amines) is 1. The fourth-order valence-electron chi connectivity index (χ4n) is 2.34. The number of carbonyl (C=O) groups excluding carboxylic acids is 3. The molecule has 0 saturated carbocycles. The maximum Gasteiger partial charge on any atom is 0.410 e. The van der Waals surface area contributed by atoms with E-state index >= 15 is 0 Å². The minimum atomic E-state index is -0.897. The molecule has 1 unspecified atom stereocenters. The lowest BCUT2D eigenvalue weighted by molar-refractivity contribution is -0.146. The molecule has 25 heavy (non-hydrogen) atoms. The van der Waals surface area contributed by atoms with E-state index in [1.807, 2.05) is 0 Å². The van der Waals surface area contributed by atoms with Crippen LogP contribution in [-0.4, -0.2) is 54.8 Å². The number of esters is 2. The number of amides is 1. The third-order valence-electron chi connectivity index (χ3n) is 3.32. The Bertz CT molecular complexity index is 612. The van der Waals surface area contributed by atoms with E-state index < -0.39 is 29.6 Å². The van der Waals surface area contributed by atoms with Gasteiger partial charge in [-0.2, -0.15) is 5.26 Å². The first-order valence-corrected chi connectivity index (χ1v) is 8.09. The van der Waals surface area contributed by atoms with Crippen molar-refractivity contribution in [1.82, 2.24) is 4.90 Å². The van der Waals surface area contributed by atoms with E-state index in [1.165, 1.54) is 4.90 Å². The molecule has 8 nitrogen and oxygen atoms in total. The van der Waals surface area contributed by atoms with Gasteiger partial charge in [0, 0.05) is 13.1 Å². The second kappa shape index (κ2) is 8.51. The van der Waals surface area contributed by atoms with E-state index in [0.29, 0.717) is 0 Å². The maximum absolute atomic E-state index is 12.3. The number of nitriles is 1. The maximum atomic E-state index is 12.3. The highest BCUT2D eigenvalue weighted by molar-refractivity contribution is 5.96. The molecule has 0 bridgehead atoms. The average molecular weight is 352 g/mol. The van der Waals surface area contributed by atoms with E-state index in [9.17, 15) is 19.6 Å². The van der Waals surface area contributed by atoms with Crippen LogP contribution in [0.3, 0.4) is 0 Å². The fraction of sp³-hybridized carbons (Fsp3) is 0.647. The van der Waals surface area contributed by atoms with Crippen LogP contribution in [0.4, 0.5) is 4.79 Å². The van der Waals surface area contributed by atoms with E-state index in [1.54, 1.807) is 40.7 Å². The van der Waals surface area contributed by atoms with Crippen LogP contribution in [0.25, 0.3) is 0 Å². The summed E-state index contributed by atoms with van der Waals surface area (Å²) in [6.07, 6.45) is -0.627. The zero-order valence-electron chi connectivity index (χ0n) is 15.2. The second-order valence-electron chi connectivity index (χ2n) is 6.40. The number of rotatable bonds is 4. The lowest BCUT2D eigenvalue weighted by Gasteiger charge is -2.24. The molecule has 1 atom stereocenters. The van der Waals surface area contributed by atoms with E-state index in [-0.39, 0.29) is 37.4 Å². The molecule has 138 valence electrons.